The summed E-state index contributed by atoms with van der Waals surface area (Å²) in [4.78, 5) is 33.7. The Morgan fingerprint density at radius 2 is 1.56 bits per heavy atom. The maximum absolute atomic E-state index is 14.5. The van der Waals surface area contributed by atoms with E-state index in [4.69, 9.17) is 18.9 Å². The van der Waals surface area contributed by atoms with Crippen LogP contribution in [0.2, 0.25) is 0 Å². The Balaban J connectivity index is 1.64. The largest absolute Gasteiger partial charge is 0.497 e. The van der Waals surface area contributed by atoms with Crippen LogP contribution >= 0.6 is 0 Å². The highest BCUT2D eigenvalue weighted by molar-refractivity contribution is 6.03. The quantitative estimate of drug-likeness (QED) is 0.225. The van der Waals surface area contributed by atoms with E-state index in [1.807, 2.05) is 30.5 Å². The third-order valence-corrected chi connectivity index (χ3v) is 8.10. The summed E-state index contributed by atoms with van der Waals surface area (Å²) in [5.41, 5.74) is 2.88. The van der Waals surface area contributed by atoms with Crippen molar-refractivity contribution in [3.05, 3.63) is 78.0 Å². The number of hydrogen-bond acceptors (Lipinski definition) is 6. The number of nitrogens with one attached hydrogen (secondary N) is 2. The molecule has 0 aliphatic heterocycles. The van der Waals surface area contributed by atoms with Gasteiger partial charge in [0, 0.05) is 28.8 Å². The van der Waals surface area contributed by atoms with Crippen LogP contribution < -0.4 is 29.2 Å². The molecule has 9 heteroatoms. The van der Waals surface area contributed by atoms with Crippen LogP contribution in [0.3, 0.4) is 0 Å². The van der Waals surface area contributed by atoms with Crippen LogP contribution in [0.5, 0.6) is 23.0 Å². The molecule has 4 aromatic rings. The van der Waals surface area contributed by atoms with Gasteiger partial charge in [-0.3, -0.25) is 14.5 Å². The van der Waals surface area contributed by atoms with Gasteiger partial charge in [-0.05, 0) is 66.4 Å². The molecule has 1 saturated carbocycles. The molecule has 0 spiro atoms. The number of anilines is 1. The standard InChI is InChI=1S/C34H39N3O6/c1-40-26-16-14-25(15-17-26)37(31(38)20-23-21-35-28-13-9-8-12-27(23)28)32(34(39)36-24-10-6-5-7-11-24)22-18-29(41-2)33(43-4)30(19-22)42-3/h8-9,12-19,21,24,32,35H,5-7,10-11,20H2,1-4H3,(H,36,39)/t32-/m1/s1. The van der Waals surface area contributed by atoms with Gasteiger partial charge in [0.2, 0.25) is 17.6 Å². The summed E-state index contributed by atoms with van der Waals surface area (Å²) < 4.78 is 22.2. The Bertz CT molecular complexity index is 1530. The van der Waals surface area contributed by atoms with Crippen LogP contribution in [-0.2, 0) is 16.0 Å². The lowest BCUT2D eigenvalue weighted by atomic mass is 9.94. The van der Waals surface area contributed by atoms with E-state index >= 15 is 0 Å². The molecule has 1 atom stereocenters. The zero-order chi connectivity index (χ0) is 30.3. The molecule has 1 aliphatic carbocycles. The maximum atomic E-state index is 14.5. The lowest BCUT2D eigenvalue weighted by Gasteiger charge is -2.34. The second-order valence-corrected chi connectivity index (χ2v) is 10.7. The number of hydrogen-bond donors (Lipinski definition) is 2. The van der Waals surface area contributed by atoms with Gasteiger partial charge >= 0.3 is 0 Å². The minimum Gasteiger partial charge on any atom is -0.497 e. The van der Waals surface area contributed by atoms with Gasteiger partial charge in [0.05, 0.1) is 34.9 Å². The molecule has 5 rings (SSSR count). The van der Waals surface area contributed by atoms with Gasteiger partial charge in [0.1, 0.15) is 11.8 Å². The van der Waals surface area contributed by atoms with E-state index in [-0.39, 0.29) is 24.3 Å². The predicted molar refractivity (Wildman–Crippen MR) is 166 cm³/mol. The molecule has 0 saturated heterocycles. The Morgan fingerprint density at radius 1 is 0.884 bits per heavy atom. The Hall–Kier alpha value is -4.66. The number of amides is 2. The van der Waals surface area contributed by atoms with Crippen molar-refractivity contribution < 1.29 is 28.5 Å². The van der Waals surface area contributed by atoms with Crippen molar-refractivity contribution >= 4 is 28.4 Å². The van der Waals surface area contributed by atoms with Gasteiger partial charge in [-0.25, -0.2) is 0 Å². The lowest BCUT2D eigenvalue weighted by Crippen LogP contribution is -2.47. The molecule has 0 unspecified atom stereocenters. The second kappa shape index (κ2) is 13.5. The zero-order valence-electron chi connectivity index (χ0n) is 25.1. The first-order valence-corrected chi connectivity index (χ1v) is 14.6. The highest BCUT2D eigenvalue weighted by Crippen LogP contribution is 2.42. The average molecular weight is 586 g/mol. The lowest BCUT2D eigenvalue weighted by molar-refractivity contribution is -0.127. The van der Waals surface area contributed by atoms with E-state index in [0.29, 0.717) is 34.2 Å². The van der Waals surface area contributed by atoms with Crippen LogP contribution in [-0.4, -0.2) is 51.3 Å². The average Bonchev–Trinajstić information content (AvgIpc) is 3.45. The zero-order valence-corrected chi connectivity index (χ0v) is 25.1. The third kappa shape index (κ3) is 6.40. The molecule has 2 N–H and O–H groups in total. The number of carbonyl (C=O) groups excluding carboxylic acids is 2. The fourth-order valence-corrected chi connectivity index (χ4v) is 5.91. The van der Waals surface area contributed by atoms with Crippen molar-refractivity contribution in [1.29, 1.82) is 0 Å². The van der Waals surface area contributed by atoms with Crippen LogP contribution in [0.1, 0.15) is 49.3 Å². The van der Waals surface area contributed by atoms with Crippen molar-refractivity contribution in [3.63, 3.8) is 0 Å². The van der Waals surface area contributed by atoms with Gasteiger partial charge in [-0.1, -0.05) is 37.5 Å². The van der Waals surface area contributed by atoms with Gasteiger partial charge < -0.3 is 29.2 Å². The Kier molecular flexibility index (Phi) is 9.39. The van der Waals surface area contributed by atoms with E-state index in [2.05, 4.69) is 10.3 Å². The maximum Gasteiger partial charge on any atom is 0.248 e. The number of rotatable bonds is 11. The number of H-pyrrole nitrogens is 1. The van der Waals surface area contributed by atoms with Gasteiger partial charge in [0.15, 0.2) is 11.5 Å². The fourth-order valence-electron chi connectivity index (χ4n) is 5.91. The first-order chi connectivity index (χ1) is 21.0. The fraction of sp³-hybridized carbons (Fsp3) is 0.353. The first-order valence-electron chi connectivity index (χ1n) is 14.6. The predicted octanol–water partition coefficient (Wildman–Crippen LogP) is 5.97. The summed E-state index contributed by atoms with van der Waals surface area (Å²) in [5, 5.41) is 4.22. The molecule has 1 aliphatic rings. The Labute approximate surface area is 252 Å². The minimum atomic E-state index is -1.03. The highest BCUT2D eigenvalue weighted by Gasteiger charge is 2.36. The number of para-hydroxylation sites is 1. The van der Waals surface area contributed by atoms with Gasteiger partial charge in [0.25, 0.3) is 0 Å². The molecule has 43 heavy (non-hydrogen) atoms. The molecule has 1 fully saturated rings. The van der Waals surface area contributed by atoms with Crippen molar-refractivity contribution in [2.45, 2.75) is 50.6 Å². The summed E-state index contributed by atoms with van der Waals surface area (Å²) in [5.74, 6) is 1.32. The minimum absolute atomic E-state index is 0.0345. The van der Waals surface area contributed by atoms with Gasteiger partial charge in [-0.15, -0.1) is 0 Å². The summed E-state index contributed by atoms with van der Waals surface area (Å²) in [6.07, 6.45) is 7.00. The smallest absolute Gasteiger partial charge is 0.248 e. The summed E-state index contributed by atoms with van der Waals surface area (Å²) >= 11 is 0. The number of ether oxygens (including phenoxy) is 4. The molecule has 1 aromatic heterocycles. The molecule has 226 valence electrons. The molecule has 2 amide bonds. The number of methoxy groups -OCH3 is 4. The van der Waals surface area contributed by atoms with Crippen molar-refractivity contribution in [3.8, 4) is 23.0 Å². The number of aromatic nitrogens is 1. The first kappa shape index (κ1) is 29.8. The molecule has 1 heterocycles. The van der Waals surface area contributed by atoms with Crippen LogP contribution in [0.25, 0.3) is 10.9 Å². The number of fused-ring (bicyclic) bond motifs is 1. The van der Waals surface area contributed by atoms with Crippen molar-refractivity contribution in [1.82, 2.24) is 10.3 Å². The van der Waals surface area contributed by atoms with Crippen LogP contribution in [0, 0.1) is 0 Å². The van der Waals surface area contributed by atoms with E-state index in [1.54, 1.807) is 48.4 Å². The normalized spacial score (nSPS) is 14.1. The summed E-state index contributed by atoms with van der Waals surface area (Å²) in [6, 6.07) is 17.5. The van der Waals surface area contributed by atoms with Crippen molar-refractivity contribution in [2.75, 3.05) is 33.3 Å². The molecule has 3 aromatic carbocycles. The summed E-state index contributed by atoms with van der Waals surface area (Å²) in [7, 11) is 6.18. The van der Waals surface area contributed by atoms with E-state index in [0.717, 1.165) is 48.6 Å². The van der Waals surface area contributed by atoms with E-state index < -0.39 is 6.04 Å². The van der Waals surface area contributed by atoms with Gasteiger partial charge in [-0.2, -0.15) is 0 Å². The number of carbonyl (C=O) groups is 2. The summed E-state index contributed by atoms with van der Waals surface area (Å²) in [6.45, 7) is 0. The Morgan fingerprint density at radius 3 is 2.19 bits per heavy atom. The number of aromatic amines is 1. The molecule has 9 nitrogen and oxygen atoms in total. The molecular formula is C34H39N3O6. The third-order valence-electron chi connectivity index (χ3n) is 8.10. The number of nitrogens with zero attached hydrogens (tertiary/aromatic N) is 1. The molecule has 0 bridgehead atoms. The molecule has 0 radical (unpaired) electrons. The van der Waals surface area contributed by atoms with Crippen LogP contribution in [0.4, 0.5) is 5.69 Å². The topological polar surface area (TPSA) is 102 Å². The van der Waals surface area contributed by atoms with Crippen molar-refractivity contribution in [2.24, 2.45) is 0 Å². The SMILES string of the molecule is COc1ccc(N(C(=O)Cc2c[nH]c3ccccc23)[C@@H](C(=O)NC2CCCCC2)c2cc(OC)c(OC)c(OC)c2)cc1. The van der Waals surface area contributed by atoms with E-state index in [9.17, 15) is 9.59 Å². The monoisotopic (exact) mass is 585 g/mol. The second-order valence-electron chi connectivity index (χ2n) is 10.7. The molecular weight excluding hydrogens is 546 g/mol. The highest BCUT2D eigenvalue weighted by atomic mass is 16.5. The number of benzene rings is 3. The van der Waals surface area contributed by atoms with E-state index in [1.165, 1.54) is 21.3 Å². The van der Waals surface area contributed by atoms with Crippen LogP contribution in [0.15, 0.2) is 66.9 Å².